The van der Waals surface area contributed by atoms with E-state index in [1.807, 2.05) is 6.92 Å². The fraction of sp³-hybridized carbons (Fsp3) is 0.720. The highest BCUT2D eigenvalue weighted by Gasteiger charge is 2.83. The van der Waals surface area contributed by atoms with E-state index >= 15 is 0 Å². The van der Waals surface area contributed by atoms with Crippen molar-refractivity contribution < 1.29 is 43.9 Å². The van der Waals surface area contributed by atoms with Gasteiger partial charge in [-0.15, -0.1) is 0 Å². The number of esters is 2. The van der Waals surface area contributed by atoms with Crippen LogP contribution >= 0.6 is 0 Å². The summed E-state index contributed by atoms with van der Waals surface area (Å²) in [6.07, 6.45) is -3.05. The van der Waals surface area contributed by atoms with Crippen molar-refractivity contribution in [2.24, 2.45) is 34.5 Å². The lowest BCUT2D eigenvalue weighted by atomic mass is 9.38. The Morgan fingerprint density at radius 1 is 1.32 bits per heavy atom. The van der Waals surface area contributed by atoms with Gasteiger partial charge in [-0.05, 0) is 37.3 Å². The first-order valence-corrected chi connectivity index (χ1v) is 11.9. The molecule has 0 aromatic rings. The molecular formula is C25H32O9. The summed E-state index contributed by atoms with van der Waals surface area (Å²) in [5, 5.41) is 34.2. The lowest BCUT2D eigenvalue weighted by Crippen LogP contribution is -2.76. The smallest absolute Gasteiger partial charge is 0.348 e. The molecule has 5 aliphatic rings. The first-order valence-electron chi connectivity index (χ1n) is 11.9. The zero-order chi connectivity index (χ0) is 25.0. The van der Waals surface area contributed by atoms with Crippen LogP contribution in [0.3, 0.4) is 0 Å². The molecule has 186 valence electrons. The van der Waals surface area contributed by atoms with Gasteiger partial charge >= 0.3 is 11.9 Å². The molecule has 0 unspecified atom stereocenters. The van der Waals surface area contributed by atoms with Crippen LogP contribution in [0.5, 0.6) is 0 Å². The largest absolute Gasteiger partial charge is 0.459 e. The number of aliphatic hydroxyl groups is 3. The number of carbonyl (C=O) groups is 3. The Hall–Kier alpha value is -2.07. The van der Waals surface area contributed by atoms with Gasteiger partial charge in [-0.1, -0.05) is 32.9 Å². The van der Waals surface area contributed by atoms with Gasteiger partial charge in [0.25, 0.3) is 0 Å². The van der Waals surface area contributed by atoms with E-state index in [1.54, 1.807) is 20.8 Å². The number of hydrogen-bond acceptors (Lipinski definition) is 9. The van der Waals surface area contributed by atoms with Gasteiger partial charge in [-0.3, -0.25) is 9.59 Å². The van der Waals surface area contributed by atoms with Crippen LogP contribution in [-0.4, -0.2) is 69.9 Å². The quantitative estimate of drug-likeness (QED) is 0.396. The molecule has 2 bridgehead atoms. The van der Waals surface area contributed by atoms with E-state index in [9.17, 15) is 29.7 Å². The van der Waals surface area contributed by atoms with Crippen molar-refractivity contribution in [1.29, 1.82) is 0 Å². The standard InChI is InChI=1S/C25H32O9/c1-6-10(2)20(29)34-17-16-12(4)18(27)25(31)22-23(5)13(11(3)7-14(26)19(23)28)8-15(33-21(17)30)24(16,22)9-32-25/h7,10,13,15-19,22,27-28,31H,4,6,8-9H2,1-3,5H3/t10-,13-,15-,16-,17-,18-,19-,22-,23-,24+,25+/m1/s1. The van der Waals surface area contributed by atoms with Crippen LogP contribution in [0.25, 0.3) is 0 Å². The summed E-state index contributed by atoms with van der Waals surface area (Å²) in [6, 6.07) is 0. The Balaban J connectivity index is 1.70. The number of ether oxygens (including phenoxy) is 3. The van der Waals surface area contributed by atoms with Crippen molar-refractivity contribution in [1.82, 2.24) is 0 Å². The van der Waals surface area contributed by atoms with Crippen molar-refractivity contribution in [2.45, 2.75) is 70.7 Å². The number of ketones is 1. The Bertz CT molecular complexity index is 1020. The Kier molecular flexibility index (Phi) is 5.03. The SMILES string of the molecule is C=C1[C@@H](O)[C@]2(O)OC[C@@]34[C@H]1[C@@H](OC(=O)[C@H](C)CC)C(=O)O[C@@H]3C[C@@H]1C(C)=CC(=O)[C@@H](O)[C@]1(C)[C@@H]24. The van der Waals surface area contributed by atoms with Crippen LogP contribution in [0.2, 0.25) is 0 Å². The number of hydrogen-bond donors (Lipinski definition) is 3. The highest BCUT2D eigenvalue weighted by atomic mass is 16.7. The Morgan fingerprint density at radius 3 is 2.65 bits per heavy atom. The number of aliphatic hydroxyl groups excluding tert-OH is 2. The Morgan fingerprint density at radius 2 is 2.00 bits per heavy atom. The second-order valence-corrected chi connectivity index (χ2v) is 11.0. The van der Waals surface area contributed by atoms with Crippen LogP contribution in [-0.2, 0) is 28.6 Å². The van der Waals surface area contributed by atoms with E-state index in [1.165, 1.54) is 6.08 Å². The third-order valence-electron chi connectivity index (χ3n) is 9.48. The molecule has 3 aliphatic carbocycles. The summed E-state index contributed by atoms with van der Waals surface area (Å²) >= 11 is 0. The maximum atomic E-state index is 13.2. The lowest BCUT2D eigenvalue weighted by molar-refractivity contribution is -0.311. The summed E-state index contributed by atoms with van der Waals surface area (Å²) in [5.74, 6) is -6.75. The molecule has 3 N–H and O–H groups in total. The molecule has 0 aromatic carbocycles. The minimum atomic E-state index is -2.16. The lowest BCUT2D eigenvalue weighted by Gasteiger charge is -2.67. The first kappa shape index (κ1) is 23.7. The van der Waals surface area contributed by atoms with E-state index in [0.29, 0.717) is 12.0 Å². The molecule has 11 atom stereocenters. The zero-order valence-corrected chi connectivity index (χ0v) is 19.8. The zero-order valence-electron chi connectivity index (χ0n) is 19.8. The molecule has 9 nitrogen and oxygen atoms in total. The topological polar surface area (TPSA) is 140 Å². The van der Waals surface area contributed by atoms with E-state index in [2.05, 4.69) is 6.58 Å². The maximum Gasteiger partial charge on any atom is 0.348 e. The van der Waals surface area contributed by atoms with E-state index < -0.39 is 82.4 Å². The third kappa shape index (κ3) is 2.56. The number of carbonyl (C=O) groups excluding carboxylic acids is 3. The minimum absolute atomic E-state index is 0.115. The summed E-state index contributed by atoms with van der Waals surface area (Å²) in [7, 11) is 0. The highest BCUT2D eigenvalue weighted by Crippen LogP contribution is 2.73. The molecule has 1 spiro atoms. The van der Waals surface area contributed by atoms with E-state index in [4.69, 9.17) is 14.2 Å². The van der Waals surface area contributed by atoms with Gasteiger partial charge in [0.15, 0.2) is 11.6 Å². The number of rotatable bonds is 3. The molecule has 4 fully saturated rings. The number of fused-ring (bicyclic) bond motifs is 1. The highest BCUT2D eigenvalue weighted by molar-refractivity contribution is 5.96. The minimum Gasteiger partial charge on any atom is -0.459 e. The molecule has 0 amide bonds. The molecule has 5 rings (SSSR count). The number of allylic oxidation sites excluding steroid dienone is 1. The second kappa shape index (κ2) is 7.22. The molecular weight excluding hydrogens is 444 g/mol. The molecule has 2 heterocycles. The Labute approximate surface area is 197 Å². The average Bonchev–Trinajstić information content (AvgIpc) is 3.08. The van der Waals surface area contributed by atoms with Gasteiger partial charge in [0.05, 0.1) is 17.9 Å². The summed E-state index contributed by atoms with van der Waals surface area (Å²) in [4.78, 5) is 38.6. The molecule has 9 heteroatoms. The maximum absolute atomic E-state index is 13.2. The molecule has 0 radical (unpaired) electrons. The van der Waals surface area contributed by atoms with Crippen molar-refractivity contribution in [2.75, 3.05) is 6.61 Å². The molecule has 0 aromatic heterocycles. The van der Waals surface area contributed by atoms with Crippen molar-refractivity contribution in [3.63, 3.8) is 0 Å². The monoisotopic (exact) mass is 476 g/mol. The summed E-state index contributed by atoms with van der Waals surface area (Å²) in [6.45, 7) is 10.9. The fourth-order valence-electron chi connectivity index (χ4n) is 7.71. The van der Waals surface area contributed by atoms with Crippen molar-refractivity contribution >= 4 is 17.7 Å². The molecule has 2 saturated heterocycles. The molecule has 2 aliphatic heterocycles. The van der Waals surface area contributed by atoms with Crippen LogP contribution in [0.4, 0.5) is 0 Å². The predicted molar refractivity (Wildman–Crippen MR) is 116 cm³/mol. The van der Waals surface area contributed by atoms with Crippen LogP contribution in [0.15, 0.2) is 23.8 Å². The van der Waals surface area contributed by atoms with Crippen molar-refractivity contribution in [3.8, 4) is 0 Å². The summed E-state index contributed by atoms with van der Waals surface area (Å²) < 4.78 is 17.4. The van der Waals surface area contributed by atoms with E-state index in [0.717, 1.165) is 0 Å². The third-order valence-corrected chi connectivity index (χ3v) is 9.48. The van der Waals surface area contributed by atoms with Gasteiger partial charge in [0, 0.05) is 17.3 Å². The fourth-order valence-corrected chi connectivity index (χ4v) is 7.71. The van der Waals surface area contributed by atoms with E-state index in [-0.39, 0.29) is 18.6 Å². The first-order chi connectivity index (χ1) is 15.8. The van der Waals surface area contributed by atoms with Crippen LogP contribution < -0.4 is 0 Å². The molecule has 34 heavy (non-hydrogen) atoms. The van der Waals surface area contributed by atoms with Gasteiger partial charge in [-0.2, -0.15) is 0 Å². The second-order valence-electron chi connectivity index (χ2n) is 11.0. The normalized spacial score (nSPS) is 50.0. The van der Waals surface area contributed by atoms with Gasteiger partial charge in [-0.25, -0.2) is 4.79 Å². The van der Waals surface area contributed by atoms with Crippen LogP contribution in [0.1, 0.15) is 40.5 Å². The summed E-state index contributed by atoms with van der Waals surface area (Å²) in [5.41, 5.74) is -1.56. The van der Waals surface area contributed by atoms with Gasteiger partial charge in [0.1, 0.15) is 18.3 Å². The average molecular weight is 477 g/mol. The van der Waals surface area contributed by atoms with Crippen molar-refractivity contribution in [3.05, 3.63) is 23.8 Å². The van der Waals surface area contributed by atoms with Crippen LogP contribution in [0, 0.1) is 34.5 Å². The predicted octanol–water partition coefficient (Wildman–Crippen LogP) is 0.654. The molecule has 2 saturated carbocycles. The van der Waals surface area contributed by atoms with Gasteiger partial charge in [0.2, 0.25) is 6.10 Å². The van der Waals surface area contributed by atoms with Gasteiger partial charge < -0.3 is 29.5 Å².